The molecule has 1 saturated heterocycles. The molecule has 1 aliphatic heterocycles. The van der Waals surface area contributed by atoms with E-state index in [1.165, 1.54) is 17.7 Å². The summed E-state index contributed by atoms with van der Waals surface area (Å²) < 4.78 is 0. The first-order valence-corrected chi connectivity index (χ1v) is 7.80. The normalized spacial score (nSPS) is 17.9. The van der Waals surface area contributed by atoms with Gasteiger partial charge >= 0.3 is 0 Å². The van der Waals surface area contributed by atoms with Gasteiger partial charge in [0.2, 0.25) is 0 Å². The van der Waals surface area contributed by atoms with Crippen LogP contribution in [0.4, 0.5) is 0 Å². The lowest BCUT2D eigenvalue weighted by Crippen LogP contribution is -2.45. The Labute approximate surface area is 120 Å². The van der Waals surface area contributed by atoms with E-state index >= 15 is 0 Å². The highest BCUT2D eigenvalue weighted by Crippen LogP contribution is 2.17. The van der Waals surface area contributed by atoms with Crippen LogP contribution >= 0.6 is 11.3 Å². The van der Waals surface area contributed by atoms with Gasteiger partial charge in [-0.15, -0.1) is 11.3 Å². The average molecular weight is 280 g/mol. The predicted octanol–water partition coefficient (Wildman–Crippen LogP) is 2.57. The van der Waals surface area contributed by atoms with Gasteiger partial charge in [-0.1, -0.05) is 6.92 Å². The zero-order valence-electron chi connectivity index (χ0n) is 12.4. The summed E-state index contributed by atoms with van der Waals surface area (Å²) >= 11 is 1.77. The number of aryl methyl sites for hydroxylation is 2. The molecule has 106 valence electrons. The molecule has 2 rings (SSSR count). The maximum absolute atomic E-state index is 4.56. The number of nitrogens with one attached hydrogen (secondary N) is 1. The minimum absolute atomic E-state index is 0.776. The van der Waals surface area contributed by atoms with Crippen LogP contribution < -0.4 is 5.32 Å². The number of thiazole rings is 1. The van der Waals surface area contributed by atoms with Crippen LogP contribution in [0.25, 0.3) is 0 Å². The summed E-state index contributed by atoms with van der Waals surface area (Å²) in [5, 5.41) is 4.57. The van der Waals surface area contributed by atoms with Crippen molar-refractivity contribution in [2.45, 2.75) is 40.2 Å². The largest absolute Gasteiger partial charge is 0.350 e. The van der Waals surface area contributed by atoms with E-state index < -0.39 is 0 Å². The van der Waals surface area contributed by atoms with Crippen molar-refractivity contribution in [2.24, 2.45) is 10.9 Å². The lowest BCUT2D eigenvalue weighted by atomic mass is 10.00. The van der Waals surface area contributed by atoms with Crippen LogP contribution in [0, 0.1) is 19.8 Å². The third kappa shape index (κ3) is 3.69. The minimum atomic E-state index is 0.776. The van der Waals surface area contributed by atoms with Crippen LogP contribution in [-0.2, 0) is 6.54 Å². The Hall–Kier alpha value is -1.10. The Bertz CT molecular complexity index is 425. The van der Waals surface area contributed by atoms with Crippen molar-refractivity contribution < 1.29 is 0 Å². The van der Waals surface area contributed by atoms with Gasteiger partial charge in [0.05, 0.1) is 12.2 Å². The van der Waals surface area contributed by atoms with Crippen LogP contribution in [0.1, 0.15) is 35.3 Å². The van der Waals surface area contributed by atoms with Crippen LogP contribution in [0.5, 0.6) is 0 Å². The fourth-order valence-electron chi connectivity index (χ4n) is 2.32. The maximum Gasteiger partial charge on any atom is 0.193 e. The van der Waals surface area contributed by atoms with Gasteiger partial charge in [0.15, 0.2) is 5.96 Å². The van der Waals surface area contributed by atoms with Crippen molar-refractivity contribution in [3.05, 3.63) is 15.6 Å². The van der Waals surface area contributed by atoms with Crippen LogP contribution in [0.2, 0.25) is 0 Å². The van der Waals surface area contributed by atoms with Crippen molar-refractivity contribution in [1.82, 2.24) is 15.2 Å². The number of piperidine rings is 1. The summed E-state index contributed by atoms with van der Waals surface area (Å²) in [6, 6.07) is 0. The Kier molecular flexibility index (Phi) is 4.80. The minimum Gasteiger partial charge on any atom is -0.350 e. The molecule has 2 heterocycles. The summed E-state index contributed by atoms with van der Waals surface area (Å²) in [4.78, 5) is 12.6. The molecule has 1 aliphatic rings. The number of aromatic nitrogens is 1. The van der Waals surface area contributed by atoms with Crippen molar-refractivity contribution in [3.8, 4) is 0 Å². The second-order valence-corrected chi connectivity index (χ2v) is 6.61. The van der Waals surface area contributed by atoms with E-state index in [2.05, 4.69) is 41.0 Å². The zero-order valence-corrected chi connectivity index (χ0v) is 13.2. The van der Waals surface area contributed by atoms with Gasteiger partial charge in [0, 0.05) is 25.0 Å². The molecule has 0 aliphatic carbocycles. The predicted molar refractivity (Wildman–Crippen MR) is 81.8 cm³/mol. The number of hydrogen-bond donors (Lipinski definition) is 1. The number of aliphatic imine (C=N–C) groups is 1. The maximum atomic E-state index is 4.56. The number of hydrogen-bond acceptors (Lipinski definition) is 3. The van der Waals surface area contributed by atoms with E-state index in [-0.39, 0.29) is 0 Å². The molecule has 0 aromatic carbocycles. The van der Waals surface area contributed by atoms with E-state index in [1.807, 2.05) is 7.05 Å². The smallest absolute Gasteiger partial charge is 0.193 e. The summed E-state index contributed by atoms with van der Waals surface area (Å²) in [6.07, 6.45) is 2.52. The quantitative estimate of drug-likeness (QED) is 0.668. The van der Waals surface area contributed by atoms with Gasteiger partial charge in [-0.05, 0) is 32.6 Å². The van der Waals surface area contributed by atoms with E-state index in [4.69, 9.17) is 0 Å². The molecular weight excluding hydrogens is 256 g/mol. The highest BCUT2D eigenvalue weighted by atomic mass is 32.1. The average Bonchev–Trinajstić information content (AvgIpc) is 2.71. The van der Waals surface area contributed by atoms with E-state index in [1.54, 1.807) is 11.3 Å². The molecule has 0 radical (unpaired) electrons. The summed E-state index contributed by atoms with van der Waals surface area (Å²) in [6.45, 7) is 9.51. The second-order valence-electron chi connectivity index (χ2n) is 5.32. The molecular formula is C14H24N4S. The Morgan fingerprint density at radius 3 is 2.63 bits per heavy atom. The van der Waals surface area contributed by atoms with Crippen molar-refractivity contribution in [3.63, 3.8) is 0 Å². The fourth-order valence-corrected chi connectivity index (χ4v) is 3.20. The van der Waals surface area contributed by atoms with Gasteiger partial charge in [0.25, 0.3) is 0 Å². The van der Waals surface area contributed by atoms with E-state index in [0.717, 1.165) is 42.2 Å². The molecule has 0 spiro atoms. The molecule has 0 amide bonds. The van der Waals surface area contributed by atoms with Gasteiger partial charge in [-0.2, -0.15) is 0 Å². The van der Waals surface area contributed by atoms with Crippen molar-refractivity contribution in [1.29, 1.82) is 0 Å². The highest BCUT2D eigenvalue weighted by Gasteiger charge is 2.18. The molecule has 1 N–H and O–H groups in total. The second kappa shape index (κ2) is 6.37. The summed E-state index contributed by atoms with van der Waals surface area (Å²) in [5.41, 5.74) is 1.14. The first kappa shape index (κ1) is 14.3. The van der Waals surface area contributed by atoms with Gasteiger partial charge < -0.3 is 10.2 Å². The molecule has 5 heteroatoms. The Morgan fingerprint density at radius 1 is 1.42 bits per heavy atom. The Morgan fingerprint density at radius 2 is 2.11 bits per heavy atom. The number of nitrogens with zero attached hydrogens (tertiary/aromatic N) is 3. The van der Waals surface area contributed by atoms with Crippen LogP contribution in [0.15, 0.2) is 4.99 Å². The fraction of sp³-hybridized carbons (Fsp3) is 0.714. The monoisotopic (exact) mass is 280 g/mol. The molecule has 1 aromatic heterocycles. The molecule has 1 fully saturated rings. The molecule has 4 nitrogen and oxygen atoms in total. The lowest BCUT2D eigenvalue weighted by molar-refractivity contribution is 0.273. The Balaban J connectivity index is 1.89. The third-order valence-electron chi connectivity index (χ3n) is 3.77. The molecule has 0 bridgehead atoms. The first-order chi connectivity index (χ1) is 9.10. The van der Waals surface area contributed by atoms with E-state index in [0.29, 0.717) is 0 Å². The van der Waals surface area contributed by atoms with E-state index in [9.17, 15) is 0 Å². The van der Waals surface area contributed by atoms with Crippen LogP contribution in [-0.4, -0.2) is 36.0 Å². The summed E-state index contributed by atoms with van der Waals surface area (Å²) in [5.74, 6) is 1.86. The topological polar surface area (TPSA) is 40.5 Å². The number of rotatable bonds is 2. The molecule has 19 heavy (non-hydrogen) atoms. The van der Waals surface area contributed by atoms with Crippen molar-refractivity contribution in [2.75, 3.05) is 20.1 Å². The van der Waals surface area contributed by atoms with Gasteiger partial charge in [0.1, 0.15) is 5.01 Å². The SMILES string of the molecule is CN=C(NCc1nc(C)c(C)s1)N1CCC(C)CC1. The highest BCUT2D eigenvalue weighted by molar-refractivity contribution is 7.11. The summed E-state index contributed by atoms with van der Waals surface area (Å²) in [7, 11) is 1.86. The van der Waals surface area contributed by atoms with Crippen LogP contribution in [0.3, 0.4) is 0 Å². The number of guanidine groups is 1. The molecule has 0 atom stereocenters. The third-order valence-corrected chi connectivity index (χ3v) is 4.84. The zero-order chi connectivity index (χ0) is 13.8. The van der Waals surface area contributed by atoms with Gasteiger partial charge in [-0.25, -0.2) is 4.98 Å². The lowest BCUT2D eigenvalue weighted by Gasteiger charge is -2.32. The molecule has 1 aromatic rings. The van der Waals surface area contributed by atoms with Crippen molar-refractivity contribution >= 4 is 17.3 Å². The number of likely N-dealkylation sites (tertiary alicyclic amines) is 1. The molecule has 0 unspecified atom stereocenters. The standard InChI is InChI=1S/C14H24N4S/c1-10-5-7-18(8-6-10)14(15-4)16-9-13-17-11(2)12(3)19-13/h10H,5-9H2,1-4H3,(H,15,16). The molecule has 0 saturated carbocycles. The first-order valence-electron chi connectivity index (χ1n) is 6.98. The van der Waals surface area contributed by atoms with Gasteiger partial charge in [-0.3, -0.25) is 4.99 Å².